The number of carboxylic acid groups (broad SMARTS) is 1. The fraction of sp³-hybridized carbons (Fsp3) is 0.364. The number of hydrogen-bond acceptors (Lipinski definition) is 4. The third kappa shape index (κ3) is 2.95. The maximum Gasteiger partial charge on any atom is 0.328 e. The number of ether oxygens (including phenoxy) is 2. The highest BCUT2D eigenvalue weighted by Gasteiger charge is 2.29. The van der Waals surface area contributed by atoms with Crippen LogP contribution in [0.25, 0.3) is 0 Å². The van der Waals surface area contributed by atoms with Crippen LogP contribution < -0.4 is 0 Å². The van der Waals surface area contributed by atoms with Gasteiger partial charge in [0.1, 0.15) is 5.76 Å². The minimum absolute atomic E-state index is 0.149. The Labute approximate surface area is 93.3 Å². The summed E-state index contributed by atoms with van der Waals surface area (Å²) in [5.74, 6) is -1.94. The lowest BCUT2D eigenvalue weighted by molar-refractivity contribution is -0.150. The molecule has 0 aromatic heterocycles. The highest BCUT2D eigenvalue weighted by atomic mass is 16.6. The van der Waals surface area contributed by atoms with E-state index in [0.717, 1.165) is 6.08 Å². The molecule has 1 unspecified atom stereocenters. The lowest BCUT2D eigenvalue weighted by Gasteiger charge is -2.27. The summed E-state index contributed by atoms with van der Waals surface area (Å²) >= 11 is 0. The lowest BCUT2D eigenvalue weighted by Crippen LogP contribution is -2.31. The van der Waals surface area contributed by atoms with Crippen LogP contribution in [0.15, 0.2) is 35.6 Å². The van der Waals surface area contributed by atoms with Crippen molar-refractivity contribution in [3.05, 3.63) is 35.6 Å². The summed E-state index contributed by atoms with van der Waals surface area (Å²) in [5.41, 5.74) is 0.603. The molecule has 2 N–H and O–H groups in total. The molecule has 1 atom stereocenters. The smallest absolute Gasteiger partial charge is 0.328 e. The second-order valence-corrected chi connectivity index (χ2v) is 3.31. The number of methoxy groups -OCH3 is 2. The van der Waals surface area contributed by atoms with E-state index in [9.17, 15) is 9.90 Å². The van der Waals surface area contributed by atoms with Gasteiger partial charge < -0.3 is 19.7 Å². The fourth-order valence-corrected chi connectivity index (χ4v) is 1.34. The zero-order valence-corrected chi connectivity index (χ0v) is 9.14. The second kappa shape index (κ2) is 4.96. The Kier molecular flexibility index (Phi) is 3.87. The van der Waals surface area contributed by atoms with Crippen molar-refractivity contribution < 1.29 is 24.5 Å². The van der Waals surface area contributed by atoms with Gasteiger partial charge in [0.25, 0.3) is 0 Å². The van der Waals surface area contributed by atoms with E-state index < -0.39 is 11.8 Å². The van der Waals surface area contributed by atoms with E-state index in [4.69, 9.17) is 14.6 Å². The Balaban J connectivity index is 2.92. The van der Waals surface area contributed by atoms with E-state index in [1.807, 2.05) is 0 Å². The molecule has 0 spiro atoms. The third-order valence-electron chi connectivity index (χ3n) is 2.26. The van der Waals surface area contributed by atoms with Crippen molar-refractivity contribution in [2.75, 3.05) is 14.2 Å². The van der Waals surface area contributed by atoms with Crippen molar-refractivity contribution in [2.24, 2.45) is 0 Å². The van der Waals surface area contributed by atoms with Gasteiger partial charge in [0.15, 0.2) is 5.79 Å². The fourth-order valence-electron chi connectivity index (χ4n) is 1.34. The molecule has 0 aromatic rings. The molecule has 0 bridgehead atoms. The van der Waals surface area contributed by atoms with Crippen LogP contribution in [0.1, 0.15) is 6.42 Å². The standard InChI is InChI=1S/C11H14O5/c1-15-9-7-11(14,16-2)6-5-8(9)3-4-10(12)13/h3-6,14H,7H2,1-2H3,(H,12,13)/b4-3+. The first-order valence-corrected chi connectivity index (χ1v) is 4.65. The van der Waals surface area contributed by atoms with Gasteiger partial charge in [-0.15, -0.1) is 0 Å². The summed E-state index contributed by atoms with van der Waals surface area (Å²) in [4.78, 5) is 10.4. The zero-order chi connectivity index (χ0) is 12.2. The van der Waals surface area contributed by atoms with Crippen LogP contribution in [-0.2, 0) is 14.3 Å². The van der Waals surface area contributed by atoms with Gasteiger partial charge in [-0.1, -0.05) is 6.08 Å². The quantitative estimate of drug-likeness (QED) is 0.548. The molecule has 88 valence electrons. The van der Waals surface area contributed by atoms with Gasteiger partial charge in [0.2, 0.25) is 0 Å². The van der Waals surface area contributed by atoms with Crippen molar-refractivity contribution in [1.82, 2.24) is 0 Å². The molecule has 1 aliphatic rings. The molecule has 0 aliphatic heterocycles. The van der Waals surface area contributed by atoms with E-state index in [1.54, 1.807) is 6.08 Å². The maximum atomic E-state index is 10.4. The van der Waals surface area contributed by atoms with Crippen LogP contribution in [0.5, 0.6) is 0 Å². The van der Waals surface area contributed by atoms with Crippen molar-refractivity contribution in [1.29, 1.82) is 0 Å². The van der Waals surface area contributed by atoms with Gasteiger partial charge in [-0.25, -0.2) is 4.79 Å². The van der Waals surface area contributed by atoms with E-state index >= 15 is 0 Å². The number of aliphatic carboxylic acids is 1. The molecular formula is C11H14O5. The maximum absolute atomic E-state index is 10.4. The predicted molar refractivity (Wildman–Crippen MR) is 56.5 cm³/mol. The molecule has 16 heavy (non-hydrogen) atoms. The molecule has 0 amide bonds. The number of carboxylic acids is 1. The Morgan fingerprint density at radius 3 is 2.75 bits per heavy atom. The number of carbonyl (C=O) groups is 1. The van der Waals surface area contributed by atoms with Gasteiger partial charge in [-0.3, -0.25) is 0 Å². The van der Waals surface area contributed by atoms with Crippen molar-refractivity contribution in [2.45, 2.75) is 12.2 Å². The van der Waals surface area contributed by atoms with Gasteiger partial charge in [-0.2, -0.15) is 0 Å². The molecule has 0 heterocycles. The molecule has 5 nitrogen and oxygen atoms in total. The van der Waals surface area contributed by atoms with Crippen LogP contribution in [0, 0.1) is 0 Å². The molecule has 0 fully saturated rings. The van der Waals surface area contributed by atoms with Gasteiger partial charge >= 0.3 is 5.97 Å². The average Bonchev–Trinajstić information content (AvgIpc) is 2.27. The van der Waals surface area contributed by atoms with E-state index in [2.05, 4.69) is 0 Å². The summed E-state index contributed by atoms with van der Waals surface area (Å²) in [5, 5.41) is 18.3. The highest BCUT2D eigenvalue weighted by molar-refractivity contribution is 5.80. The summed E-state index contributed by atoms with van der Waals surface area (Å²) < 4.78 is 9.98. The van der Waals surface area contributed by atoms with E-state index in [1.165, 1.54) is 26.4 Å². The Bertz CT molecular complexity index is 367. The predicted octanol–water partition coefficient (Wildman–Crippen LogP) is 0.823. The topological polar surface area (TPSA) is 76.0 Å². The number of aliphatic hydroxyl groups is 1. The number of hydrogen-bond donors (Lipinski definition) is 2. The summed E-state index contributed by atoms with van der Waals surface area (Å²) in [6.07, 6.45) is 5.58. The van der Waals surface area contributed by atoms with E-state index in [0.29, 0.717) is 11.3 Å². The van der Waals surface area contributed by atoms with Crippen LogP contribution in [0.3, 0.4) is 0 Å². The highest BCUT2D eigenvalue weighted by Crippen LogP contribution is 2.28. The molecule has 0 saturated heterocycles. The average molecular weight is 226 g/mol. The van der Waals surface area contributed by atoms with Crippen LogP contribution in [0.2, 0.25) is 0 Å². The van der Waals surface area contributed by atoms with Gasteiger partial charge in [0.05, 0.1) is 13.5 Å². The lowest BCUT2D eigenvalue weighted by atomic mass is 9.99. The Morgan fingerprint density at radius 2 is 2.25 bits per heavy atom. The van der Waals surface area contributed by atoms with Crippen LogP contribution >= 0.6 is 0 Å². The summed E-state index contributed by atoms with van der Waals surface area (Å²) in [7, 11) is 2.84. The first-order chi connectivity index (χ1) is 7.50. The zero-order valence-electron chi connectivity index (χ0n) is 9.14. The van der Waals surface area contributed by atoms with Gasteiger partial charge in [-0.05, 0) is 12.2 Å². The normalized spacial score (nSPS) is 25.2. The molecule has 0 saturated carbocycles. The summed E-state index contributed by atoms with van der Waals surface area (Å²) in [6, 6.07) is 0. The molecular weight excluding hydrogens is 212 g/mol. The Hall–Kier alpha value is -1.59. The molecule has 5 heteroatoms. The van der Waals surface area contributed by atoms with Crippen LogP contribution in [-0.4, -0.2) is 36.2 Å². The molecule has 1 rings (SSSR count). The first-order valence-electron chi connectivity index (χ1n) is 4.65. The second-order valence-electron chi connectivity index (χ2n) is 3.31. The largest absolute Gasteiger partial charge is 0.500 e. The van der Waals surface area contributed by atoms with Crippen molar-refractivity contribution in [3.8, 4) is 0 Å². The molecule has 0 radical (unpaired) electrons. The first kappa shape index (κ1) is 12.5. The minimum atomic E-state index is -1.38. The Morgan fingerprint density at radius 1 is 1.56 bits per heavy atom. The number of allylic oxidation sites excluding steroid dienone is 3. The van der Waals surface area contributed by atoms with Gasteiger partial charge in [0, 0.05) is 18.8 Å². The SMILES string of the molecule is COC1=C(/C=C/C(=O)O)C=CC(O)(OC)C1. The van der Waals surface area contributed by atoms with Crippen molar-refractivity contribution in [3.63, 3.8) is 0 Å². The summed E-state index contributed by atoms with van der Waals surface area (Å²) in [6.45, 7) is 0. The minimum Gasteiger partial charge on any atom is -0.500 e. The van der Waals surface area contributed by atoms with Crippen LogP contribution in [0.4, 0.5) is 0 Å². The van der Waals surface area contributed by atoms with E-state index in [-0.39, 0.29) is 6.42 Å². The third-order valence-corrected chi connectivity index (χ3v) is 2.26. The van der Waals surface area contributed by atoms with Crippen molar-refractivity contribution >= 4 is 5.97 Å². The molecule has 0 aromatic carbocycles. The molecule has 1 aliphatic carbocycles. The number of rotatable bonds is 4. The monoisotopic (exact) mass is 226 g/mol.